The van der Waals surface area contributed by atoms with E-state index in [-0.39, 0.29) is 5.78 Å². The predicted molar refractivity (Wildman–Crippen MR) is 68.4 cm³/mol. The molecule has 0 radical (unpaired) electrons. The summed E-state index contributed by atoms with van der Waals surface area (Å²) in [5.41, 5.74) is 2.07. The van der Waals surface area contributed by atoms with Gasteiger partial charge in [0, 0.05) is 25.0 Å². The molecule has 1 aromatic rings. The second kappa shape index (κ2) is 5.91. The van der Waals surface area contributed by atoms with Crippen molar-refractivity contribution in [3.8, 4) is 0 Å². The summed E-state index contributed by atoms with van der Waals surface area (Å²) in [7, 11) is 1.92. The van der Waals surface area contributed by atoms with Gasteiger partial charge in [-0.15, -0.1) is 0 Å². The summed E-state index contributed by atoms with van der Waals surface area (Å²) >= 11 is 0. The summed E-state index contributed by atoms with van der Waals surface area (Å²) in [6, 6.07) is 9.90. The van der Waals surface area contributed by atoms with Crippen molar-refractivity contribution < 1.29 is 4.79 Å². The van der Waals surface area contributed by atoms with Crippen LogP contribution in [0.15, 0.2) is 54.3 Å². The fourth-order valence-corrected chi connectivity index (χ4v) is 1.27. The van der Waals surface area contributed by atoms with Crippen molar-refractivity contribution in [3.05, 3.63) is 54.3 Å². The lowest BCUT2D eigenvalue weighted by atomic mass is 10.2. The number of benzene rings is 1. The summed E-state index contributed by atoms with van der Waals surface area (Å²) in [6.07, 6.45) is 4.96. The first-order valence-corrected chi connectivity index (χ1v) is 5.24. The number of nitrogens with zero attached hydrogens (tertiary/aromatic N) is 1. The molecule has 2 heteroatoms. The van der Waals surface area contributed by atoms with Crippen molar-refractivity contribution in [1.29, 1.82) is 0 Å². The standard InChI is InChI=1S/C14H17NO/c1-12(2)11-14(16)9-10-15(3)13-7-5-4-6-8-13/h4-11H,1-3H3/b10-9-. The van der Waals surface area contributed by atoms with Gasteiger partial charge in [0.25, 0.3) is 0 Å². The van der Waals surface area contributed by atoms with Gasteiger partial charge in [-0.05, 0) is 32.1 Å². The van der Waals surface area contributed by atoms with E-state index in [1.54, 1.807) is 18.4 Å². The Morgan fingerprint density at radius 1 is 1.19 bits per heavy atom. The van der Waals surface area contributed by atoms with Crippen molar-refractivity contribution in [1.82, 2.24) is 0 Å². The van der Waals surface area contributed by atoms with Crippen LogP contribution in [0, 0.1) is 0 Å². The summed E-state index contributed by atoms with van der Waals surface area (Å²) < 4.78 is 0. The van der Waals surface area contributed by atoms with E-state index in [4.69, 9.17) is 0 Å². The molecule has 0 spiro atoms. The van der Waals surface area contributed by atoms with Crippen molar-refractivity contribution in [2.75, 3.05) is 11.9 Å². The van der Waals surface area contributed by atoms with Gasteiger partial charge in [-0.2, -0.15) is 0 Å². The minimum Gasteiger partial charge on any atom is -0.351 e. The minimum atomic E-state index is 0.0165. The van der Waals surface area contributed by atoms with E-state index in [9.17, 15) is 4.79 Å². The number of carbonyl (C=O) groups excluding carboxylic acids is 1. The van der Waals surface area contributed by atoms with Crippen molar-refractivity contribution in [2.24, 2.45) is 0 Å². The SMILES string of the molecule is CC(C)=CC(=O)/C=C\N(C)c1ccccc1. The maximum atomic E-state index is 11.4. The van der Waals surface area contributed by atoms with E-state index in [2.05, 4.69) is 0 Å². The lowest BCUT2D eigenvalue weighted by Crippen LogP contribution is -2.08. The van der Waals surface area contributed by atoms with Crippen LogP contribution in [0.25, 0.3) is 0 Å². The summed E-state index contributed by atoms with van der Waals surface area (Å²) in [4.78, 5) is 13.3. The average Bonchev–Trinajstić information content (AvgIpc) is 2.26. The topological polar surface area (TPSA) is 20.3 Å². The van der Waals surface area contributed by atoms with Crippen LogP contribution in [0.3, 0.4) is 0 Å². The largest absolute Gasteiger partial charge is 0.351 e. The molecule has 0 aliphatic rings. The van der Waals surface area contributed by atoms with E-state index < -0.39 is 0 Å². The number of hydrogen-bond donors (Lipinski definition) is 0. The Hall–Kier alpha value is -1.83. The molecular formula is C14H17NO. The molecular weight excluding hydrogens is 198 g/mol. The van der Waals surface area contributed by atoms with Gasteiger partial charge in [0.1, 0.15) is 0 Å². The third-order valence-electron chi connectivity index (χ3n) is 2.06. The Kier molecular flexibility index (Phi) is 4.52. The first-order valence-electron chi connectivity index (χ1n) is 5.24. The number of anilines is 1. The zero-order chi connectivity index (χ0) is 12.0. The van der Waals surface area contributed by atoms with Crippen LogP contribution in [0.5, 0.6) is 0 Å². The average molecular weight is 215 g/mol. The second-order valence-corrected chi connectivity index (χ2v) is 3.89. The summed E-state index contributed by atoms with van der Waals surface area (Å²) in [5, 5.41) is 0. The van der Waals surface area contributed by atoms with Gasteiger partial charge in [0.15, 0.2) is 5.78 Å². The molecule has 0 atom stereocenters. The zero-order valence-corrected chi connectivity index (χ0v) is 9.97. The Balaban J connectivity index is 2.65. The van der Waals surface area contributed by atoms with Crippen LogP contribution >= 0.6 is 0 Å². The van der Waals surface area contributed by atoms with Gasteiger partial charge in [0.05, 0.1) is 0 Å². The Morgan fingerprint density at radius 3 is 2.38 bits per heavy atom. The second-order valence-electron chi connectivity index (χ2n) is 3.89. The molecule has 0 aliphatic heterocycles. The molecule has 0 aliphatic carbocycles. The van der Waals surface area contributed by atoms with Crippen LogP contribution < -0.4 is 4.90 Å². The summed E-state index contributed by atoms with van der Waals surface area (Å²) in [5.74, 6) is 0.0165. The quantitative estimate of drug-likeness (QED) is 0.719. The van der Waals surface area contributed by atoms with Gasteiger partial charge in [-0.1, -0.05) is 23.8 Å². The van der Waals surface area contributed by atoms with Crippen molar-refractivity contribution in [2.45, 2.75) is 13.8 Å². The maximum absolute atomic E-state index is 11.4. The molecule has 0 saturated heterocycles. The first kappa shape index (κ1) is 12.2. The lowest BCUT2D eigenvalue weighted by Gasteiger charge is -2.12. The lowest BCUT2D eigenvalue weighted by molar-refractivity contribution is -0.110. The molecule has 0 heterocycles. The highest BCUT2D eigenvalue weighted by molar-refractivity contribution is 5.99. The number of carbonyl (C=O) groups is 1. The highest BCUT2D eigenvalue weighted by atomic mass is 16.1. The smallest absolute Gasteiger partial charge is 0.180 e. The van der Waals surface area contributed by atoms with Crippen LogP contribution in [-0.4, -0.2) is 12.8 Å². The van der Waals surface area contributed by atoms with Crippen LogP contribution in [0.2, 0.25) is 0 Å². The van der Waals surface area contributed by atoms with E-state index in [1.165, 1.54) is 0 Å². The zero-order valence-electron chi connectivity index (χ0n) is 9.97. The fourth-order valence-electron chi connectivity index (χ4n) is 1.27. The highest BCUT2D eigenvalue weighted by Crippen LogP contribution is 2.10. The van der Waals surface area contributed by atoms with Crippen LogP contribution in [0.1, 0.15) is 13.8 Å². The highest BCUT2D eigenvalue weighted by Gasteiger charge is 1.95. The van der Waals surface area contributed by atoms with Gasteiger partial charge < -0.3 is 4.90 Å². The van der Waals surface area contributed by atoms with Crippen molar-refractivity contribution in [3.63, 3.8) is 0 Å². The molecule has 0 amide bonds. The number of ketones is 1. The van der Waals surface area contributed by atoms with E-state index >= 15 is 0 Å². The molecule has 0 fully saturated rings. The maximum Gasteiger partial charge on any atom is 0.180 e. The Bertz CT molecular complexity index is 400. The number of rotatable bonds is 4. The van der Waals surface area contributed by atoms with Crippen LogP contribution in [0.4, 0.5) is 5.69 Å². The van der Waals surface area contributed by atoms with E-state index in [1.807, 2.05) is 56.1 Å². The predicted octanol–water partition coefficient (Wildman–Crippen LogP) is 3.17. The first-order chi connectivity index (χ1) is 7.59. The number of allylic oxidation sites excluding steroid dienone is 3. The number of para-hydroxylation sites is 1. The monoisotopic (exact) mass is 215 g/mol. The minimum absolute atomic E-state index is 0.0165. The number of hydrogen-bond acceptors (Lipinski definition) is 2. The Morgan fingerprint density at radius 2 is 1.81 bits per heavy atom. The molecule has 84 valence electrons. The van der Waals surface area contributed by atoms with E-state index in [0.29, 0.717) is 0 Å². The fraction of sp³-hybridized carbons (Fsp3) is 0.214. The molecule has 2 nitrogen and oxygen atoms in total. The summed E-state index contributed by atoms with van der Waals surface area (Å²) in [6.45, 7) is 3.82. The van der Waals surface area contributed by atoms with Gasteiger partial charge >= 0.3 is 0 Å². The molecule has 1 aromatic carbocycles. The third-order valence-corrected chi connectivity index (χ3v) is 2.06. The van der Waals surface area contributed by atoms with Crippen molar-refractivity contribution >= 4 is 11.5 Å². The molecule has 0 unspecified atom stereocenters. The molecule has 0 N–H and O–H groups in total. The third kappa shape index (κ3) is 4.13. The Labute approximate surface area is 96.9 Å². The van der Waals surface area contributed by atoms with Gasteiger partial charge in [-0.3, -0.25) is 4.79 Å². The van der Waals surface area contributed by atoms with Crippen LogP contribution in [-0.2, 0) is 4.79 Å². The molecule has 0 aromatic heterocycles. The molecule has 0 saturated carbocycles. The van der Waals surface area contributed by atoms with Gasteiger partial charge in [0.2, 0.25) is 0 Å². The van der Waals surface area contributed by atoms with E-state index in [0.717, 1.165) is 11.3 Å². The molecule has 16 heavy (non-hydrogen) atoms. The normalized spacial score (nSPS) is 10.2. The molecule has 0 bridgehead atoms. The van der Waals surface area contributed by atoms with Gasteiger partial charge in [-0.25, -0.2) is 0 Å². The molecule has 1 rings (SSSR count).